The maximum atomic E-state index is 12.3. The summed E-state index contributed by atoms with van der Waals surface area (Å²) in [5.74, 6) is 1.86. The molecule has 0 radical (unpaired) electrons. The monoisotopic (exact) mass is 258 g/mol. The summed E-state index contributed by atoms with van der Waals surface area (Å²) in [6.07, 6.45) is 5.09. The summed E-state index contributed by atoms with van der Waals surface area (Å²) in [7, 11) is 0. The molecule has 102 valence electrons. The number of carbonyl (C=O) groups is 1. The molecule has 1 aromatic carbocycles. The molecule has 2 saturated carbocycles. The maximum absolute atomic E-state index is 12.3. The zero-order valence-corrected chi connectivity index (χ0v) is 11.4. The van der Waals surface area contributed by atoms with Crippen LogP contribution >= 0.6 is 0 Å². The first kappa shape index (κ1) is 12.5. The van der Waals surface area contributed by atoms with Crippen molar-refractivity contribution in [3.8, 4) is 0 Å². The molecule has 0 aromatic heterocycles. The van der Waals surface area contributed by atoms with Gasteiger partial charge in [0.05, 0.1) is 6.04 Å². The van der Waals surface area contributed by atoms with Gasteiger partial charge in [-0.2, -0.15) is 0 Å². The number of rotatable bonds is 3. The minimum absolute atomic E-state index is 0.0404. The zero-order chi connectivity index (χ0) is 13.4. The van der Waals surface area contributed by atoms with Gasteiger partial charge in [-0.3, -0.25) is 4.79 Å². The lowest BCUT2D eigenvalue weighted by Crippen LogP contribution is -2.29. The van der Waals surface area contributed by atoms with Crippen molar-refractivity contribution in [1.82, 2.24) is 5.32 Å². The smallest absolute Gasteiger partial charge is 0.224 e. The molecule has 3 atom stereocenters. The van der Waals surface area contributed by atoms with E-state index in [-0.39, 0.29) is 17.9 Å². The van der Waals surface area contributed by atoms with E-state index < -0.39 is 0 Å². The zero-order valence-electron chi connectivity index (χ0n) is 11.4. The summed E-state index contributed by atoms with van der Waals surface area (Å²) in [6, 6.07) is 7.79. The van der Waals surface area contributed by atoms with Crippen molar-refractivity contribution in [2.24, 2.45) is 17.8 Å². The number of nitrogen functional groups attached to an aromatic ring is 1. The van der Waals surface area contributed by atoms with Gasteiger partial charge in [0.2, 0.25) is 5.91 Å². The van der Waals surface area contributed by atoms with Crippen molar-refractivity contribution < 1.29 is 4.79 Å². The number of fused-ring (bicyclic) bond motifs is 1. The molecule has 2 fully saturated rings. The Bertz CT molecular complexity index is 473. The fraction of sp³-hybridized carbons (Fsp3) is 0.562. The summed E-state index contributed by atoms with van der Waals surface area (Å²) in [5.41, 5.74) is 7.61. The second kappa shape index (κ2) is 4.87. The lowest BCUT2D eigenvalue weighted by Gasteiger charge is -2.15. The molecule has 19 heavy (non-hydrogen) atoms. The van der Waals surface area contributed by atoms with Crippen LogP contribution in [0.2, 0.25) is 0 Å². The summed E-state index contributed by atoms with van der Waals surface area (Å²) in [4.78, 5) is 12.3. The van der Waals surface area contributed by atoms with Gasteiger partial charge < -0.3 is 11.1 Å². The number of hydrogen-bond acceptors (Lipinski definition) is 2. The minimum Gasteiger partial charge on any atom is -0.399 e. The number of anilines is 1. The highest BCUT2D eigenvalue weighted by molar-refractivity contribution is 5.82. The highest BCUT2D eigenvalue weighted by atomic mass is 16.2. The summed E-state index contributed by atoms with van der Waals surface area (Å²) < 4.78 is 0. The quantitative estimate of drug-likeness (QED) is 0.819. The molecular formula is C16H22N2O. The lowest BCUT2D eigenvalue weighted by atomic mass is 10.0. The molecule has 3 heteroatoms. The largest absolute Gasteiger partial charge is 0.399 e. The fourth-order valence-electron chi connectivity index (χ4n) is 3.60. The van der Waals surface area contributed by atoms with Crippen LogP contribution in [0.15, 0.2) is 24.3 Å². The van der Waals surface area contributed by atoms with E-state index in [1.54, 1.807) is 0 Å². The van der Waals surface area contributed by atoms with Crippen LogP contribution in [0, 0.1) is 17.8 Å². The molecule has 3 N–H and O–H groups in total. The van der Waals surface area contributed by atoms with Gasteiger partial charge in [0.1, 0.15) is 0 Å². The van der Waals surface area contributed by atoms with E-state index in [1.165, 1.54) is 25.7 Å². The average molecular weight is 258 g/mol. The predicted octanol–water partition coefficient (Wildman–Crippen LogP) is 2.88. The van der Waals surface area contributed by atoms with E-state index in [0.717, 1.165) is 11.3 Å². The standard InChI is InChI=1S/C16H22N2O/c1-10(11-5-4-6-12(17)9-11)18-16(19)15-13-7-2-3-8-14(13)15/h4-6,9-10,13-15H,2-3,7-8,17H2,1H3,(H,18,19). The fourth-order valence-corrected chi connectivity index (χ4v) is 3.60. The van der Waals surface area contributed by atoms with Gasteiger partial charge in [-0.05, 0) is 49.3 Å². The van der Waals surface area contributed by atoms with Gasteiger partial charge in [-0.1, -0.05) is 25.0 Å². The van der Waals surface area contributed by atoms with E-state index in [1.807, 2.05) is 31.2 Å². The van der Waals surface area contributed by atoms with Gasteiger partial charge in [0.15, 0.2) is 0 Å². The molecule has 0 aliphatic heterocycles. The van der Waals surface area contributed by atoms with Crippen molar-refractivity contribution in [3.63, 3.8) is 0 Å². The van der Waals surface area contributed by atoms with Crippen molar-refractivity contribution in [1.29, 1.82) is 0 Å². The summed E-state index contributed by atoms with van der Waals surface area (Å²) in [5, 5.41) is 3.15. The highest BCUT2D eigenvalue weighted by Gasteiger charge is 2.54. The molecule has 2 aliphatic rings. The molecular weight excluding hydrogens is 236 g/mol. The van der Waals surface area contributed by atoms with E-state index >= 15 is 0 Å². The van der Waals surface area contributed by atoms with Gasteiger partial charge in [-0.15, -0.1) is 0 Å². The van der Waals surface area contributed by atoms with Crippen molar-refractivity contribution in [2.45, 2.75) is 38.6 Å². The number of nitrogens with two attached hydrogens (primary N) is 1. The molecule has 0 heterocycles. The van der Waals surface area contributed by atoms with Crippen LogP contribution in [0.5, 0.6) is 0 Å². The third kappa shape index (κ3) is 2.46. The number of hydrogen-bond donors (Lipinski definition) is 2. The van der Waals surface area contributed by atoms with E-state index in [2.05, 4.69) is 5.32 Å². The third-order valence-electron chi connectivity index (χ3n) is 4.73. The first-order valence-corrected chi connectivity index (χ1v) is 7.32. The van der Waals surface area contributed by atoms with Crippen molar-refractivity contribution in [3.05, 3.63) is 29.8 Å². The van der Waals surface area contributed by atoms with Crippen LogP contribution in [0.3, 0.4) is 0 Å². The molecule has 3 rings (SSSR count). The van der Waals surface area contributed by atoms with Crippen LogP contribution in [-0.2, 0) is 4.79 Å². The van der Waals surface area contributed by atoms with Crippen LogP contribution in [0.1, 0.15) is 44.2 Å². The van der Waals surface area contributed by atoms with Crippen molar-refractivity contribution in [2.75, 3.05) is 5.73 Å². The Labute approximate surface area is 114 Å². The Morgan fingerprint density at radius 1 is 1.32 bits per heavy atom. The normalized spacial score (nSPS) is 30.3. The maximum Gasteiger partial charge on any atom is 0.224 e. The Balaban J connectivity index is 1.61. The van der Waals surface area contributed by atoms with E-state index in [9.17, 15) is 4.79 Å². The Kier molecular flexibility index (Phi) is 3.21. The molecule has 3 nitrogen and oxygen atoms in total. The summed E-state index contributed by atoms with van der Waals surface area (Å²) in [6.45, 7) is 2.03. The van der Waals surface area contributed by atoms with Gasteiger partial charge in [-0.25, -0.2) is 0 Å². The molecule has 2 aliphatic carbocycles. The topological polar surface area (TPSA) is 55.1 Å². The van der Waals surface area contributed by atoms with E-state index in [4.69, 9.17) is 5.73 Å². The average Bonchev–Trinajstić information content (AvgIpc) is 3.13. The number of carbonyl (C=O) groups excluding carboxylic acids is 1. The third-order valence-corrected chi connectivity index (χ3v) is 4.73. The van der Waals surface area contributed by atoms with Gasteiger partial charge in [0, 0.05) is 11.6 Å². The number of nitrogens with one attached hydrogen (secondary N) is 1. The van der Waals surface area contributed by atoms with Crippen LogP contribution in [0.4, 0.5) is 5.69 Å². The Morgan fingerprint density at radius 2 is 2.00 bits per heavy atom. The van der Waals surface area contributed by atoms with Gasteiger partial charge in [0.25, 0.3) is 0 Å². The van der Waals surface area contributed by atoms with Crippen molar-refractivity contribution >= 4 is 11.6 Å². The molecule has 3 unspecified atom stereocenters. The predicted molar refractivity (Wildman–Crippen MR) is 76.4 cm³/mol. The molecule has 0 spiro atoms. The molecule has 1 amide bonds. The molecule has 0 bridgehead atoms. The second-order valence-electron chi connectivity index (χ2n) is 6.04. The number of benzene rings is 1. The molecule has 0 saturated heterocycles. The molecule has 1 aromatic rings. The first-order valence-electron chi connectivity index (χ1n) is 7.32. The second-order valence-corrected chi connectivity index (χ2v) is 6.04. The highest BCUT2D eigenvalue weighted by Crippen LogP contribution is 2.55. The number of amides is 1. The SMILES string of the molecule is CC(NC(=O)C1C2CCCCC21)c1cccc(N)c1. The van der Waals surface area contributed by atoms with E-state index in [0.29, 0.717) is 11.8 Å². The minimum atomic E-state index is 0.0404. The summed E-state index contributed by atoms with van der Waals surface area (Å²) >= 11 is 0. The first-order chi connectivity index (χ1) is 9.16. The Hall–Kier alpha value is -1.51. The van der Waals surface area contributed by atoms with Crippen LogP contribution in [-0.4, -0.2) is 5.91 Å². The van der Waals surface area contributed by atoms with Crippen LogP contribution < -0.4 is 11.1 Å². The lowest BCUT2D eigenvalue weighted by molar-refractivity contribution is -0.123. The Morgan fingerprint density at radius 3 is 2.63 bits per heavy atom. The van der Waals surface area contributed by atoms with Crippen LogP contribution in [0.25, 0.3) is 0 Å². The van der Waals surface area contributed by atoms with Gasteiger partial charge >= 0.3 is 0 Å².